The SMILES string of the molecule is NC[C@@H]1CCCN(C(=O)c2cncc(F)c2)C1. The summed E-state index contributed by atoms with van der Waals surface area (Å²) in [5.41, 5.74) is 5.93. The van der Waals surface area contributed by atoms with Crippen molar-refractivity contribution in [1.82, 2.24) is 9.88 Å². The second kappa shape index (κ2) is 5.23. The number of likely N-dealkylation sites (tertiary alicyclic amines) is 1. The number of aromatic nitrogens is 1. The third kappa shape index (κ3) is 2.79. The van der Waals surface area contributed by atoms with Crippen molar-refractivity contribution in [2.75, 3.05) is 19.6 Å². The van der Waals surface area contributed by atoms with Crippen molar-refractivity contribution in [3.63, 3.8) is 0 Å². The van der Waals surface area contributed by atoms with Gasteiger partial charge in [-0.15, -0.1) is 0 Å². The number of carbonyl (C=O) groups excluding carboxylic acids is 1. The monoisotopic (exact) mass is 237 g/mol. The predicted octanol–water partition coefficient (Wildman–Crippen LogP) is 1.03. The number of hydrogen-bond donors (Lipinski definition) is 1. The number of halogens is 1. The van der Waals surface area contributed by atoms with Crippen molar-refractivity contribution in [2.24, 2.45) is 11.7 Å². The van der Waals surface area contributed by atoms with Gasteiger partial charge in [-0.25, -0.2) is 4.39 Å². The van der Waals surface area contributed by atoms with Gasteiger partial charge in [0.1, 0.15) is 5.82 Å². The molecule has 0 radical (unpaired) electrons. The second-order valence-corrected chi connectivity index (χ2v) is 4.39. The highest BCUT2D eigenvalue weighted by molar-refractivity contribution is 5.93. The molecule has 1 amide bonds. The molecule has 0 aromatic carbocycles. The molecule has 0 spiro atoms. The summed E-state index contributed by atoms with van der Waals surface area (Å²) in [7, 11) is 0. The molecule has 0 saturated carbocycles. The lowest BCUT2D eigenvalue weighted by Gasteiger charge is -2.32. The number of hydrogen-bond acceptors (Lipinski definition) is 3. The van der Waals surface area contributed by atoms with Gasteiger partial charge in [0.05, 0.1) is 11.8 Å². The van der Waals surface area contributed by atoms with E-state index >= 15 is 0 Å². The molecule has 1 fully saturated rings. The van der Waals surface area contributed by atoms with Crippen LogP contribution in [0.1, 0.15) is 23.2 Å². The van der Waals surface area contributed by atoms with Gasteiger partial charge in [-0.3, -0.25) is 9.78 Å². The Morgan fingerprint density at radius 2 is 2.41 bits per heavy atom. The first-order valence-corrected chi connectivity index (χ1v) is 5.80. The van der Waals surface area contributed by atoms with Crippen LogP contribution in [0.15, 0.2) is 18.5 Å². The number of carbonyl (C=O) groups is 1. The quantitative estimate of drug-likeness (QED) is 0.835. The maximum absolute atomic E-state index is 13.0. The fraction of sp³-hybridized carbons (Fsp3) is 0.500. The van der Waals surface area contributed by atoms with Crippen molar-refractivity contribution < 1.29 is 9.18 Å². The van der Waals surface area contributed by atoms with Gasteiger partial charge in [0, 0.05) is 19.3 Å². The number of pyridine rings is 1. The molecule has 2 N–H and O–H groups in total. The minimum absolute atomic E-state index is 0.157. The van der Waals surface area contributed by atoms with E-state index in [0.717, 1.165) is 19.0 Å². The van der Waals surface area contributed by atoms with Crippen LogP contribution >= 0.6 is 0 Å². The van der Waals surface area contributed by atoms with E-state index in [-0.39, 0.29) is 5.91 Å². The fourth-order valence-electron chi connectivity index (χ4n) is 2.15. The van der Waals surface area contributed by atoms with Crippen molar-refractivity contribution in [2.45, 2.75) is 12.8 Å². The van der Waals surface area contributed by atoms with Crippen molar-refractivity contribution >= 4 is 5.91 Å². The number of nitrogens with two attached hydrogens (primary N) is 1. The minimum atomic E-state index is -0.483. The van der Waals surface area contributed by atoms with Crippen molar-refractivity contribution in [1.29, 1.82) is 0 Å². The zero-order valence-corrected chi connectivity index (χ0v) is 9.60. The maximum atomic E-state index is 13.0. The molecule has 0 aliphatic carbocycles. The minimum Gasteiger partial charge on any atom is -0.338 e. The van der Waals surface area contributed by atoms with Gasteiger partial charge in [0.25, 0.3) is 5.91 Å². The van der Waals surface area contributed by atoms with Gasteiger partial charge in [-0.2, -0.15) is 0 Å². The lowest BCUT2D eigenvalue weighted by atomic mass is 9.98. The summed E-state index contributed by atoms with van der Waals surface area (Å²) in [5, 5.41) is 0. The number of nitrogens with zero attached hydrogens (tertiary/aromatic N) is 2. The van der Waals surface area contributed by atoms with E-state index in [0.29, 0.717) is 31.1 Å². The zero-order valence-electron chi connectivity index (χ0n) is 9.60. The summed E-state index contributed by atoms with van der Waals surface area (Å²) in [6.45, 7) is 1.96. The van der Waals surface area contributed by atoms with E-state index in [1.54, 1.807) is 4.90 Å². The second-order valence-electron chi connectivity index (χ2n) is 4.39. The molecule has 0 unspecified atom stereocenters. The molecular weight excluding hydrogens is 221 g/mol. The number of rotatable bonds is 2. The van der Waals surface area contributed by atoms with E-state index in [4.69, 9.17) is 5.73 Å². The van der Waals surface area contributed by atoms with E-state index in [1.807, 2.05) is 0 Å². The van der Waals surface area contributed by atoms with Crippen LogP contribution in [0.2, 0.25) is 0 Å². The third-order valence-electron chi connectivity index (χ3n) is 3.09. The Morgan fingerprint density at radius 1 is 1.59 bits per heavy atom. The standard InChI is InChI=1S/C12H16FN3O/c13-11-4-10(6-15-7-11)12(17)16-3-1-2-9(5-14)8-16/h4,6-7,9H,1-3,5,8,14H2/t9-/m0/s1. The Hall–Kier alpha value is -1.49. The van der Waals surface area contributed by atoms with E-state index in [2.05, 4.69) is 4.98 Å². The van der Waals surface area contributed by atoms with Gasteiger partial charge in [0.15, 0.2) is 0 Å². The highest BCUT2D eigenvalue weighted by Crippen LogP contribution is 2.17. The van der Waals surface area contributed by atoms with Crippen LogP contribution in [-0.4, -0.2) is 35.4 Å². The average Bonchev–Trinajstić information content (AvgIpc) is 2.38. The van der Waals surface area contributed by atoms with Gasteiger partial charge < -0.3 is 10.6 Å². The molecule has 4 nitrogen and oxygen atoms in total. The Morgan fingerprint density at radius 3 is 3.12 bits per heavy atom. The van der Waals surface area contributed by atoms with E-state index in [9.17, 15) is 9.18 Å². The summed E-state index contributed by atoms with van der Waals surface area (Å²) >= 11 is 0. The molecular formula is C12H16FN3O. The largest absolute Gasteiger partial charge is 0.338 e. The van der Waals surface area contributed by atoms with Crippen LogP contribution in [-0.2, 0) is 0 Å². The van der Waals surface area contributed by atoms with Crippen LogP contribution in [0.25, 0.3) is 0 Å². The summed E-state index contributed by atoms with van der Waals surface area (Å²) < 4.78 is 13.0. The van der Waals surface area contributed by atoms with Gasteiger partial charge >= 0.3 is 0 Å². The lowest BCUT2D eigenvalue weighted by molar-refractivity contribution is 0.0677. The maximum Gasteiger partial charge on any atom is 0.255 e. The summed E-state index contributed by atoms with van der Waals surface area (Å²) in [5.74, 6) is -0.285. The lowest BCUT2D eigenvalue weighted by Crippen LogP contribution is -2.42. The molecule has 1 atom stereocenters. The Bertz CT molecular complexity index is 410. The molecule has 5 heteroatoms. The molecule has 1 aliphatic rings. The third-order valence-corrected chi connectivity index (χ3v) is 3.09. The normalized spacial score (nSPS) is 20.4. The Labute approximate surface area is 99.6 Å². The Balaban J connectivity index is 2.09. The van der Waals surface area contributed by atoms with Crippen molar-refractivity contribution in [3.8, 4) is 0 Å². The van der Waals surface area contributed by atoms with Gasteiger partial charge in [0.2, 0.25) is 0 Å². The smallest absolute Gasteiger partial charge is 0.255 e. The molecule has 1 aromatic rings. The van der Waals surface area contributed by atoms with Crippen LogP contribution in [0, 0.1) is 11.7 Å². The molecule has 2 rings (SSSR count). The van der Waals surface area contributed by atoms with Gasteiger partial charge in [-0.05, 0) is 31.4 Å². The highest BCUT2D eigenvalue weighted by atomic mass is 19.1. The summed E-state index contributed by atoms with van der Waals surface area (Å²) in [6.07, 6.45) is 4.51. The number of piperidine rings is 1. The zero-order chi connectivity index (χ0) is 12.3. The predicted molar refractivity (Wildman–Crippen MR) is 61.9 cm³/mol. The number of amides is 1. The molecule has 1 aliphatic heterocycles. The summed E-state index contributed by atoms with van der Waals surface area (Å²) in [4.78, 5) is 17.5. The molecule has 2 heterocycles. The molecule has 1 saturated heterocycles. The topological polar surface area (TPSA) is 59.2 Å². The van der Waals surface area contributed by atoms with E-state index < -0.39 is 5.82 Å². The summed E-state index contributed by atoms with van der Waals surface area (Å²) in [6, 6.07) is 1.22. The van der Waals surface area contributed by atoms with Crippen LogP contribution in [0.3, 0.4) is 0 Å². The van der Waals surface area contributed by atoms with Crippen LogP contribution < -0.4 is 5.73 Å². The first-order chi connectivity index (χ1) is 8.20. The first kappa shape index (κ1) is 12.0. The Kier molecular flexibility index (Phi) is 3.68. The highest BCUT2D eigenvalue weighted by Gasteiger charge is 2.23. The fourth-order valence-corrected chi connectivity index (χ4v) is 2.15. The van der Waals surface area contributed by atoms with Crippen LogP contribution in [0.5, 0.6) is 0 Å². The van der Waals surface area contributed by atoms with Gasteiger partial charge in [-0.1, -0.05) is 0 Å². The molecule has 17 heavy (non-hydrogen) atoms. The van der Waals surface area contributed by atoms with Crippen LogP contribution in [0.4, 0.5) is 4.39 Å². The van der Waals surface area contributed by atoms with E-state index in [1.165, 1.54) is 12.3 Å². The molecule has 0 bridgehead atoms. The molecule has 92 valence electrons. The molecule has 1 aromatic heterocycles. The average molecular weight is 237 g/mol. The van der Waals surface area contributed by atoms with Crippen molar-refractivity contribution in [3.05, 3.63) is 29.8 Å². The first-order valence-electron chi connectivity index (χ1n) is 5.80.